The minimum atomic E-state index is -0.818. The molecular weight excluding hydrogens is 1870 g/mol. The first-order valence-corrected chi connectivity index (χ1v) is 55.7. The molecule has 0 saturated carbocycles. The van der Waals surface area contributed by atoms with Crippen molar-refractivity contribution in [2.45, 2.75) is 534 Å². The largest absolute Gasteiger partial charge is 1.00 e. The van der Waals surface area contributed by atoms with Crippen molar-refractivity contribution in [2.24, 2.45) is 0 Å². The van der Waals surface area contributed by atoms with Crippen molar-refractivity contribution in [1.29, 1.82) is 0 Å². The van der Waals surface area contributed by atoms with Crippen LogP contribution in [0, 0.1) is 0 Å². The molecule has 6 fully saturated rings. The normalized spacial score (nSPS) is 17.5. The summed E-state index contributed by atoms with van der Waals surface area (Å²) in [7, 11) is 1.75. The molecule has 6 saturated heterocycles. The Morgan fingerprint density at radius 3 is 0.785 bits per heavy atom. The van der Waals surface area contributed by atoms with Crippen LogP contribution in [0.2, 0.25) is 0 Å². The number of thiocarbonyl (C=S) groups is 5. The van der Waals surface area contributed by atoms with Gasteiger partial charge in [0.1, 0.15) is 44.2 Å². The second-order valence-corrected chi connectivity index (χ2v) is 40.9. The molecule has 6 aliphatic rings. The molecule has 0 spiro atoms. The second kappa shape index (κ2) is 119. The first kappa shape index (κ1) is 159. The standard InChI is InChI=1S/2C18H34O3S.C15H30O3S.C15H30O2S2.C13H26S2.C6H12O3.C6H12O2S.2C4H8O.CH4O.CH3O.5CH4.Na/c2*1-4-5-6-7-8-9-10-11-12-13-17(22)19-14-16-15-20-18(2,3)21-16;1-2-3-4-5-6-7-8-9-10-11-15(19)18-13-14(17)12-16;1-2-3-4-5-6-7-8-9-10-11-15(18)19-13-14(17)12-16;1-3-4-5-6-7-8-9-10-11-12-13(14)15-2;1-6(2)8-4-5(3-7)9-6;1-6(2)7-3-5(4-9)8-6;2*1-2-4-5-3-1;2*1-2;;;;;;/h2*16H,4-15H2,1-3H3;2*14,16-17H,2-13H2,1H3;3-12H2,1-2H3;5,7H,3-4H2,1-2H3;5,9H,3-4H2,1-2H3;2*1-4H2;2H,1H3;1H3;5*1H4;/q;;;;;;;;;;-1;;;;;;+1. The quantitative estimate of drug-likeness (QED) is 0.0129. The first-order chi connectivity index (χ1) is 62.1. The minimum absolute atomic E-state index is 0. The van der Waals surface area contributed by atoms with E-state index in [1.54, 1.807) is 11.8 Å². The van der Waals surface area contributed by atoms with E-state index < -0.39 is 29.6 Å². The number of rotatable bonds is 62. The maximum Gasteiger partial charge on any atom is 1.00 e. The Bertz CT molecular complexity index is 2220. The Balaban J connectivity index is -0.000000145. The van der Waals surface area contributed by atoms with Gasteiger partial charge in [-0.3, -0.25) is 0 Å². The molecule has 6 rings (SSSR count). The molecule has 6 N–H and O–H groups in total. The van der Waals surface area contributed by atoms with Gasteiger partial charge in [-0.1, -0.05) is 353 Å². The molecule has 0 aliphatic carbocycles. The molecule has 0 aromatic rings. The van der Waals surface area contributed by atoms with Crippen LogP contribution in [-0.2, 0) is 61.6 Å². The molecule has 0 radical (unpaired) electrons. The Hall–Kier alpha value is 1.22. The third-order valence-corrected chi connectivity index (χ3v) is 25.5. The summed E-state index contributed by atoms with van der Waals surface area (Å²) < 4.78 is 71.9. The fourth-order valence-electron chi connectivity index (χ4n) is 13.6. The molecule has 20 nitrogen and oxygen atoms in total. The van der Waals surface area contributed by atoms with Crippen molar-refractivity contribution in [3.05, 3.63) is 0 Å². The maximum atomic E-state index is 9.21. The van der Waals surface area contributed by atoms with Crippen LogP contribution in [0.3, 0.4) is 0 Å². The van der Waals surface area contributed by atoms with Gasteiger partial charge in [0, 0.05) is 72.7 Å². The van der Waals surface area contributed by atoms with Crippen molar-refractivity contribution < 1.29 is 127 Å². The maximum absolute atomic E-state index is 9.21. The predicted molar refractivity (Wildman–Crippen MR) is 601 cm³/mol. The van der Waals surface area contributed by atoms with E-state index in [2.05, 4.69) is 53.5 Å². The zero-order valence-electron chi connectivity index (χ0n) is 86.2. The van der Waals surface area contributed by atoms with Gasteiger partial charge in [-0.2, -0.15) is 19.7 Å². The number of thiol groups is 1. The van der Waals surface area contributed by atoms with Crippen LogP contribution in [0.4, 0.5) is 0 Å². The van der Waals surface area contributed by atoms with E-state index in [4.69, 9.17) is 153 Å². The number of hydrogen-bond acceptors (Lipinski definition) is 28. The van der Waals surface area contributed by atoms with E-state index in [1.807, 2.05) is 55.4 Å². The Morgan fingerprint density at radius 1 is 0.356 bits per heavy atom. The number of thioether (sulfide) groups is 2. The van der Waals surface area contributed by atoms with Gasteiger partial charge in [-0.25, -0.2) is 0 Å². The first-order valence-electron chi connectivity index (χ1n) is 50.8. The van der Waals surface area contributed by atoms with Crippen LogP contribution < -0.4 is 34.7 Å². The second-order valence-electron chi connectivity index (χ2n) is 35.7. The van der Waals surface area contributed by atoms with Crippen LogP contribution in [0.5, 0.6) is 0 Å². The van der Waals surface area contributed by atoms with Crippen LogP contribution in [0.1, 0.15) is 474 Å². The molecule has 6 unspecified atom stereocenters. The van der Waals surface area contributed by atoms with Gasteiger partial charge in [0.2, 0.25) is 0 Å². The van der Waals surface area contributed by atoms with Crippen LogP contribution in [-0.4, -0.2) is 238 Å². The van der Waals surface area contributed by atoms with Gasteiger partial charge >= 0.3 is 29.6 Å². The Kier molecular flexibility index (Phi) is 140. The van der Waals surface area contributed by atoms with E-state index in [0.29, 0.717) is 50.4 Å². The molecule has 135 heavy (non-hydrogen) atoms. The van der Waals surface area contributed by atoms with Gasteiger partial charge in [0.25, 0.3) is 0 Å². The summed E-state index contributed by atoms with van der Waals surface area (Å²) >= 11 is 33.3. The van der Waals surface area contributed by atoms with E-state index in [0.717, 1.165) is 118 Å². The van der Waals surface area contributed by atoms with Crippen molar-refractivity contribution in [1.82, 2.24) is 0 Å². The molecule has 0 aromatic heterocycles. The van der Waals surface area contributed by atoms with Crippen LogP contribution in [0.15, 0.2) is 0 Å². The van der Waals surface area contributed by atoms with Gasteiger partial charge in [-0.05, 0) is 169 Å². The molecule has 814 valence electrons. The summed E-state index contributed by atoms with van der Waals surface area (Å²) in [5.41, 5.74) is 0. The number of hydrogen-bond donors (Lipinski definition) is 7. The molecule has 0 aromatic carbocycles. The van der Waals surface area contributed by atoms with E-state index in [1.165, 1.54) is 305 Å². The van der Waals surface area contributed by atoms with E-state index in [-0.39, 0.29) is 123 Å². The molecule has 29 heteroatoms. The predicted octanol–water partition coefficient (Wildman–Crippen LogP) is 25.9. The Morgan fingerprint density at radius 2 is 0.585 bits per heavy atom. The SMILES string of the molecule is C.C.C.C.C.C1CCOC1.C1CCOC1.CC1(C)OCC(CO)O1.CC1(C)OCC(CS)O1.CCCCCCCCCCCC(=S)OCC(O)CO.CCCCCCCCCCCC(=S)OCC1COC(C)(C)O1.CCCCCCCCCCCC(=S)OCC1COC(C)(C)O1.CCCCCCCCCCCC(=S)SC.CCCCCCCCCCCC(=S)SCC(O)CO.CO.C[O-].[Na+]. The fraction of sp³-hybridized carbons (Fsp3) is 0.953. The molecule has 0 bridgehead atoms. The summed E-state index contributed by atoms with van der Waals surface area (Å²) in [6.07, 6.45) is 70.6. The smallest absolute Gasteiger partial charge is 0.857 e. The summed E-state index contributed by atoms with van der Waals surface area (Å²) in [6, 6.07) is 0. The van der Waals surface area contributed by atoms with Crippen molar-refractivity contribution in [3.63, 3.8) is 0 Å². The van der Waals surface area contributed by atoms with Gasteiger partial charge < -0.3 is 97.3 Å². The topological polar surface area (TPSA) is 264 Å². The zero-order valence-corrected chi connectivity index (χ0v) is 94.8. The van der Waals surface area contributed by atoms with Crippen LogP contribution in [0.25, 0.3) is 0 Å². The van der Waals surface area contributed by atoms with Gasteiger partial charge in [0.15, 0.2) is 38.3 Å². The minimum Gasteiger partial charge on any atom is -0.857 e. The number of aliphatic hydroxyl groups is 6. The number of unbranched alkanes of at least 4 members (excludes halogenated alkanes) is 40. The molecule has 6 aliphatic heterocycles. The van der Waals surface area contributed by atoms with Gasteiger partial charge in [-0.15, -0.1) is 23.5 Å². The zero-order chi connectivity index (χ0) is 97.5. The third kappa shape index (κ3) is 122. The number of aliphatic hydroxyl groups excluding tert-OH is 6. The molecular formula is C106H221NaO20S8. The van der Waals surface area contributed by atoms with Crippen molar-refractivity contribution in [2.75, 3.05) is 124 Å². The summed E-state index contributed by atoms with van der Waals surface area (Å²) in [5.74, 6) is -0.573. The van der Waals surface area contributed by atoms with E-state index in [9.17, 15) is 5.11 Å². The van der Waals surface area contributed by atoms with Gasteiger partial charge in [0.05, 0.1) is 58.5 Å². The average molecular weight is 2100 g/mol. The average Bonchev–Trinajstić information content (AvgIpc) is 1.74. The van der Waals surface area contributed by atoms with Crippen LogP contribution >= 0.6 is 97.2 Å². The molecule has 6 heterocycles. The Labute approximate surface area is 898 Å². The third-order valence-electron chi connectivity index (χ3n) is 21.1. The van der Waals surface area contributed by atoms with E-state index >= 15 is 0 Å². The molecule has 6 atom stereocenters. The summed E-state index contributed by atoms with van der Waals surface area (Å²) in [6.45, 7) is 33.6. The summed E-state index contributed by atoms with van der Waals surface area (Å²) in [5, 5.41) is 61.5. The monoisotopic (exact) mass is 2090 g/mol. The molecule has 0 amide bonds. The van der Waals surface area contributed by atoms with Crippen molar-refractivity contribution >= 4 is 121 Å². The summed E-state index contributed by atoms with van der Waals surface area (Å²) in [4.78, 5) is 0. The van der Waals surface area contributed by atoms with Crippen molar-refractivity contribution in [3.8, 4) is 0 Å². The fourth-order valence-corrected chi connectivity index (χ4v) is 16.0. The number of ether oxygens (including phenoxy) is 13.